The van der Waals surface area contributed by atoms with E-state index >= 15 is 0 Å². The lowest BCUT2D eigenvalue weighted by Gasteiger charge is -2.27. The molecule has 1 heteroatoms. The van der Waals surface area contributed by atoms with Gasteiger partial charge in [0.25, 0.3) is 0 Å². The van der Waals surface area contributed by atoms with E-state index in [1.54, 1.807) is 6.07 Å². The number of hydrogen-bond acceptors (Lipinski definition) is 0. The maximum atomic E-state index is 13.5. The fraction of sp³-hybridized carbons (Fsp3) is 0.538. The van der Waals surface area contributed by atoms with Crippen molar-refractivity contribution in [3.63, 3.8) is 0 Å². The molecule has 0 heterocycles. The average Bonchev–Trinajstić information content (AvgIpc) is 2.18. The second kappa shape index (κ2) is 3.72. The SMILES string of the molecule is CC(C)C1CCc2cccc(F)c2C1. The van der Waals surface area contributed by atoms with Crippen molar-refractivity contribution in [2.45, 2.75) is 33.1 Å². The fourth-order valence-corrected chi connectivity index (χ4v) is 2.34. The Hall–Kier alpha value is -0.850. The molecule has 0 bridgehead atoms. The standard InChI is InChI=1S/C13H17F/c1-9(2)11-7-6-10-4-3-5-13(14)12(10)8-11/h3-5,9,11H,6-8H2,1-2H3. The van der Waals surface area contributed by atoms with Crippen LogP contribution in [-0.2, 0) is 12.8 Å². The molecule has 0 spiro atoms. The summed E-state index contributed by atoms with van der Waals surface area (Å²) in [5, 5.41) is 0. The van der Waals surface area contributed by atoms with Crippen LogP contribution >= 0.6 is 0 Å². The van der Waals surface area contributed by atoms with Crippen LogP contribution in [-0.4, -0.2) is 0 Å². The molecule has 1 atom stereocenters. The minimum Gasteiger partial charge on any atom is -0.207 e. The van der Waals surface area contributed by atoms with Gasteiger partial charge < -0.3 is 0 Å². The molecule has 14 heavy (non-hydrogen) atoms. The first-order valence-corrected chi connectivity index (χ1v) is 5.44. The lowest BCUT2D eigenvalue weighted by atomic mass is 9.78. The molecule has 0 fully saturated rings. The highest BCUT2D eigenvalue weighted by Crippen LogP contribution is 2.31. The van der Waals surface area contributed by atoms with E-state index in [9.17, 15) is 4.39 Å². The van der Waals surface area contributed by atoms with Crippen molar-refractivity contribution in [3.05, 3.63) is 35.1 Å². The number of rotatable bonds is 1. The summed E-state index contributed by atoms with van der Waals surface area (Å²) in [6, 6.07) is 5.47. The summed E-state index contributed by atoms with van der Waals surface area (Å²) in [4.78, 5) is 0. The lowest BCUT2D eigenvalue weighted by Crippen LogP contribution is -2.20. The van der Waals surface area contributed by atoms with Gasteiger partial charge in [-0.1, -0.05) is 26.0 Å². The van der Waals surface area contributed by atoms with Crippen molar-refractivity contribution in [1.82, 2.24) is 0 Å². The zero-order valence-corrected chi connectivity index (χ0v) is 8.89. The first-order valence-electron chi connectivity index (χ1n) is 5.44. The molecule has 76 valence electrons. The van der Waals surface area contributed by atoms with E-state index in [1.807, 2.05) is 6.07 Å². The Labute approximate surface area is 85.1 Å². The molecule has 0 amide bonds. The quantitative estimate of drug-likeness (QED) is 0.638. The second-order valence-corrected chi connectivity index (χ2v) is 4.62. The van der Waals surface area contributed by atoms with Crippen molar-refractivity contribution in [2.75, 3.05) is 0 Å². The topological polar surface area (TPSA) is 0 Å². The van der Waals surface area contributed by atoms with Crippen LogP contribution in [0.15, 0.2) is 18.2 Å². The molecule has 0 aliphatic heterocycles. The van der Waals surface area contributed by atoms with Crippen LogP contribution in [0.5, 0.6) is 0 Å². The fourth-order valence-electron chi connectivity index (χ4n) is 2.34. The van der Waals surface area contributed by atoms with E-state index in [0.29, 0.717) is 11.8 Å². The molecule has 1 unspecified atom stereocenters. The van der Waals surface area contributed by atoms with Crippen LogP contribution in [0.2, 0.25) is 0 Å². The van der Waals surface area contributed by atoms with E-state index < -0.39 is 0 Å². The number of halogens is 1. The lowest BCUT2D eigenvalue weighted by molar-refractivity contribution is 0.337. The third-order valence-corrected chi connectivity index (χ3v) is 3.41. The van der Waals surface area contributed by atoms with Crippen molar-refractivity contribution in [3.8, 4) is 0 Å². The van der Waals surface area contributed by atoms with Crippen LogP contribution in [0.25, 0.3) is 0 Å². The van der Waals surface area contributed by atoms with Gasteiger partial charge in [-0.3, -0.25) is 0 Å². The number of aryl methyl sites for hydroxylation is 1. The van der Waals surface area contributed by atoms with E-state index in [-0.39, 0.29) is 5.82 Å². The summed E-state index contributed by atoms with van der Waals surface area (Å²) >= 11 is 0. The van der Waals surface area contributed by atoms with E-state index in [4.69, 9.17) is 0 Å². The van der Waals surface area contributed by atoms with E-state index in [1.165, 1.54) is 12.0 Å². The van der Waals surface area contributed by atoms with Crippen molar-refractivity contribution in [2.24, 2.45) is 11.8 Å². The number of benzene rings is 1. The van der Waals surface area contributed by atoms with Crippen LogP contribution < -0.4 is 0 Å². The highest BCUT2D eigenvalue weighted by Gasteiger charge is 2.22. The summed E-state index contributed by atoms with van der Waals surface area (Å²) < 4.78 is 13.5. The van der Waals surface area contributed by atoms with Gasteiger partial charge in [0, 0.05) is 0 Å². The molecule has 0 radical (unpaired) electrons. The smallest absolute Gasteiger partial charge is 0.126 e. The van der Waals surface area contributed by atoms with Gasteiger partial charge in [-0.2, -0.15) is 0 Å². The number of hydrogen-bond donors (Lipinski definition) is 0. The van der Waals surface area contributed by atoms with Crippen molar-refractivity contribution >= 4 is 0 Å². The van der Waals surface area contributed by atoms with Crippen LogP contribution in [0, 0.1) is 17.7 Å². The third kappa shape index (κ3) is 1.68. The van der Waals surface area contributed by atoms with Gasteiger partial charge in [-0.05, 0) is 48.3 Å². The van der Waals surface area contributed by atoms with Crippen molar-refractivity contribution < 1.29 is 4.39 Å². The monoisotopic (exact) mass is 192 g/mol. The largest absolute Gasteiger partial charge is 0.207 e. The van der Waals surface area contributed by atoms with Gasteiger partial charge in [-0.25, -0.2) is 4.39 Å². The molecule has 1 aromatic rings. The molecule has 1 aliphatic carbocycles. The molecule has 1 aliphatic rings. The molecular weight excluding hydrogens is 175 g/mol. The van der Waals surface area contributed by atoms with Gasteiger partial charge in [0.15, 0.2) is 0 Å². The third-order valence-electron chi connectivity index (χ3n) is 3.41. The summed E-state index contributed by atoms with van der Waals surface area (Å²) in [6.45, 7) is 4.47. The highest BCUT2D eigenvalue weighted by atomic mass is 19.1. The van der Waals surface area contributed by atoms with Gasteiger partial charge in [0.05, 0.1) is 0 Å². The Kier molecular flexibility index (Phi) is 2.58. The zero-order chi connectivity index (χ0) is 10.1. The molecule has 0 nitrogen and oxygen atoms in total. The normalized spacial score (nSPS) is 21.0. The van der Waals surface area contributed by atoms with Gasteiger partial charge in [0.2, 0.25) is 0 Å². The molecule has 0 saturated carbocycles. The average molecular weight is 192 g/mol. The summed E-state index contributed by atoms with van der Waals surface area (Å²) in [7, 11) is 0. The minimum atomic E-state index is -0.00662. The molecule has 0 saturated heterocycles. The molecule has 0 N–H and O–H groups in total. The molecular formula is C13H17F. The van der Waals surface area contributed by atoms with E-state index in [2.05, 4.69) is 19.9 Å². The Morgan fingerprint density at radius 2 is 2.14 bits per heavy atom. The first kappa shape index (κ1) is 9.70. The predicted molar refractivity (Wildman–Crippen MR) is 56.8 cm³/mol. The van der Waals surface area contributed by atoms with Gasteiger partial charge >= 0.3 is 0 Å². The maximum Gasteiger partial charge on any atom is 0.126 e. The summed E-state index contributed by atoms with van der Waals surface area (Å²) in [5.74, 6) is 1.33. The molecule has 1 aromatic carbocycles. The van der Waals surface area contributed by atoms with Crippen molar-refractivity contribution in [1.29, 1.82) is 0 Å². The van der Waals surface area contributed by atoms with Gasteiger partial charge in [0.1, 0.15) is 5.82 Å². The predicted octanol–water partition coefficient (Wildman–Crippen LogP) is 3.59. The zero-order valence-electron chi connectivity index (χ0n) is 8.89. The molecule has 0 aromatic heterocycles. The number of fused-ring (bicyclic) bond motifs is 1. The second-order valence-electron chi connectivity index (χ2n) is 4.62. The Morgan fingerprint density at radius 3 is 2.86 bits per heavy atom. The Balaban J connectivity index is 2.29. The summed E-state index contributed by atoms with van der Waals surface area (Å²) in [6.07, 6.45) is 3.20. The Morgan fingerprint density at radius 1 is 1.36 bits per heavy atom. The van der Waals surface area contributed by atoms with Crippen LogP contribution in [0.1, 0.15) is 31.4 Å². The molecule has 2 rings (SSSR count). The first-order chi connectivity index (χ1) is 6.68. The minimum absolute atomic E-state index is 0.00662. The highest BCUT2D eigenvalue weighted by molar-refractivity contribution is 5.31. The van der Waals surface area contributed by atoms with Gasteiger partial charge in [-0.15, -0.1) is 0 Å². The van der Waals surface area contributed by atoms with E-state index in [0.717, 1.165) is 18.4 Å². The van der Waals surface area contributed by atoms with Crippen LogP contribution in [0.3, 0.4) is 0 Å². The maximum absolute atomic E-state index is 13.5. The Bertz CT molecular complexity index is 328. The summed E-state index contributed by atoms with van der Waals surface area (Å²) in [5.41, 5.74) is 2.19. The van der Waals surface area contributed by atoms with Crippen LogP contribution in [0.4, 0.5) is 4.39 Å².